The van der Waals surface area contributed by atoms with E-state index in [2.05, 4.69) is 26.6 Å². The van der Waals surface area contributed by atoms with Crippen LogP contribution in [0.3, 0.4) is 0 Å². The first-order valence-corrected chi connectivity index (χ1v) is 7.46. The van der Waals surface area contributed by atoms with Crippen molar-refractivity contribution in [2.75, 3.05) is 17.2 Å². The molecule has 1 aliphatic rings. The number of anilines is 2. The molecule has 1 heterocycles. The van der Waals surface area contributed by atoms with Crippen LogP contribution in [0, 0.1) is 0 Å². The Morgan fingerprint density at radius 2 is 2.00 bits per heavy atom. The molecule has 0 radical (unpaired) electrons. The van der Waals surface area contributed by atoms with Crippen LogP contribution in [0.4, 0.5) is 11.4 Å². The van der Waals surface area contributed by atoms with Gasteiger partial charge in [-0.05, 0) is 58.6 Å². The molecular formula is C16H15BrN2O. The Hall–Kier alpha value is -1.81. The standard InChI is InChI=1S/C16H15BrN2O/c17-13-7-1-2-8-15(13)19-16(20)12-5-3-9-14-11(12)6-4-10-18-14/h1-3,5,7-9,18H,4,6,10H2,(H,19,20). The first-order chi connectivity index (χ1) is 9.75. The van der Waals surface area contributed by atoms with Gasteiger partial charge < -0.3 is 10.6 Å². The van der Waals surface area contributed by atoms with Gasteiger partial charge in [0.15, 0.2) is 0 Å². The second-order valence-corrected chi connectivity index (χ2v) is 5.65. The zero-order valence-electron chi connectivity index (χ0n) is 10.9. The Bertz CT molecular complexity index is 655. The number of fused-ring (bicyclic) bond motifs is 1. The van der Waals surface area contributed by atoms with Crippen LogP contribution in [0.25, 0.3) is 0 Å². The summed E-state index contributed by atoms with van der Waals surface area (Å²) < 4.78 is 0.885. The van der Waals surface area contributed by atoms with Crippen molar-refractivity contribution in [3.63, 3.8) is 0 Å². The minimum absolute atomic E-state index is 0.0579. The van der Waals surface area contributed by atoms with Crippen molar-refractivity contribution in [2.24, 2.45) is 0 Å². The smallest absolute Gasteiger partial charge is 0.256 e. The van der Waals surface area contributed by atoms with Gasteiger partial charge in [-0.3, -0.25) is 4.79 Å². The molecule has 0 saturated heterocycles. The number of rotatable bonds is 2. The highest BCUT2D eigenvalue weighted by atomic mass is 79.9. The second-order valence-electron chi connectivity index (χ2n) is 4.80. The summed E-state index contributed by atoms with van der Waals surface area (Å²) in [5.74, 6) is -0.0579. The van der Waals surface area contributed by atoms with Gasteiger partial charge >= 0.3 is 0 Å². The maximum atomic E-state index is 12.5. The SMILES string of the molecule is O=C(Nc1ccccc1Br)c1cccc2c1CCCN2. The number of carbonyl (C=O) groups is 1. The molecule has 3 rings (SSSR count). The van der Waals surface area contributed by atoms with E-state index in [1.807, 2.05) is 42.5 Å². The van der Waals surface area contributed by atoms with Crippen molar-refractivity contribution in [1.82, 2.24) is 0 Å². The average Bonchev–Trinajstić information content (AvgIpc) is 2.49. The molecule has 0 aromatic heterocycles. The van der Waals surface area contributed by atoms with E-state index in [-0.39, 0.29) is 5.91 Å². The second kappa shape index (κ2) is 5.67. The minimum Gasteiger partial charge on any atom is -0.385 e. The Labute approximate surface area is 126 Å². The molecule has 2 N–H and O–H groups in total. The van der Waals surface area contributed by atoms with Crippen molar-refractivity contribution >= 4 is 33.2 Å². The number of nitrogens with one attached hydrogen (secondary N) is 2. The molecule has 0 unspecified atom stereocenters. The summed E-state index contributed by atoms with van der Waals surface area (Å²) in [6.45, 7) is 0.975. The van der Waals surface area contributed by atoms with Gasteiger partial charge in [-0.2, -0.15) is 0 Å². The van der Waals surface area contributed by atoms with Gasteiger partial charge in [0, 0.05) is 22.3 Å². The van der Waals surface area contributed by atoms with Crippen molar-refractivity contribution < 1.29 is 4.79 Å². The molecule has 0 spiro atoms. The lowest BCUT2D eigenvalue weighted by Gasteiger charge is -2.20. The molecule has 1 aliphatic heterocycles. The van der Waals surface area contributed by atoms with Crippen LogP contribution in [0.15, 0.2) is 46.9 Å². The van der Waals surface area contributed by atoms with Gasteiger partial charge in [-0.25, -0.2) is 0 Å². The number of hydrogen-bond donors (Lipinski definition) is 2. The third-order valence-corrected chi connectivity index (χ3v) is 4.15. The van der Waals surface area contributed by atoms with Crippen LogP contribution < -0.4 is 10.6 Å². The van der Waals surface area contributed by atoms with E-state index in [1.54, 1.807) is 0 Å². The zero-order valence-corrected chi connectivity index (χ0v) is 12.5. The topological polar surface area (TPSA) is 41.1 Å². The van der Waals surface area contributed by atoms with Crippen LogP contribution >= 0.6 is 15.9 Å². The predicted octanol–water partition coefficient (Wildman–Crippen LogP) is 4.06. The molecule has 0 bridgehead atoms. The van der Waals surface area contributed by atoms with Gasteiger partial charge in [0.25, 0.3) is 5.91 Å². The number of hydrogen-bond acceptors (Lipinski definition) is 2. The number of para-hydroxylation sites is 1. The Kier molecular flexibility index (Phi) is 3.74. The summed E-state index contributed by atoms with van der Waals surface area (Å²) in [7, 11) is 0. The predicted molar refractivity (Wildman–Crippen MR) is 85.3 cm³/mol. The van der Waals surface area contributed by atoms with Gasteiger partial charge in [-0.15, -0.1) is 0 Å². The Morgan fingerprint density at radius 1 is 1.15 bits per heavy atom. The fraction of sp³-hybridized carbons (Fsp3) is 0.188. The first-order valence-electron chi connectivity index (χ1n) is 6.67. The molecule has 0 atom stereocenters. The average molecular weight is 331 g/mol. The van der Waals surface area contributed by atoms with E-state index >= 15 is 0 Å². The summed E-state index contributed by atoms with van der Waals surface area (Å²) in [6.07, 6.45) is 2.01. The molecule has 2 aromatic rings. The van der Waals surface area contributed by atoms with Crippen molar-refractivity contribution in [3.05, 3.63) is 58.1 Å². The third kappa shape index (κ3) is 2.56. The third-order valence-electron chi connectivity index (χ3n) is 3.46. The number of amides is 1. The molecule has 102 valence electrons. The number of halogens is 1. The fourth-order valence-electron chi connectivity index (χ4n) is 2.47. The van der Waals surface area contributed by atoms with Crippen LogP contribution in [-0.2, 0) is 6.42 Å². The monoisotopic (exact) mass is 330 g/mol. The maximum absolute atomic E-state index is 12.5. The molecule has 3 nitrogen and oxygen atoms in total. The van der Waals surface area contributed by atoms with Crippen molar-refractivity contribution in [1.29, 1.82) is 0 Å². The summed E-state index contributed by atoms with van der Waals surface area (Å²) >= 11 is 3.45. The van der Waals surface area contributed by atoms with Crippen LogP contribution in [0.1, 0.15) is 22.3 Å². The number of carbonyl (C=O) groups excluding carboxylic acids is 1. The summed E-state index contributed by atoms with van der Waals surface area (Å²) in [5.41, 5.74) is 3.74. The summed E-state index contributed by atoms with van der Waals surface area (Å²) in [6, 6.07) is 13.5. The quantitative estimate of drug-likeness (QED) is 0.871. The highest BCUT2D eigenvalue weighted by Gasteiger charge is 2.17. The Morgan fingerprint density at radius 3 is 2.85 bits per heavy atom. The number of benzene rings is 2. The van der Waals surface area contributed by atoms with E-state index in [0.29, 0.717) is 0 Å². The van der Waals surface area contributed by atoms with Crippen molar-refractivity contribution in [2.45, 2.75) is 12.8 Å². The lowest BCUT2D eigenvalue weighted by atomic mass is 9.97. The van der Waals surface area contributed by atoms with Crippen LogP contribution in [0.2, 0.25) is 0 Å². The molecule has 0 saturated carbocycles. The van der Waals surface area contributed by atoms with Crippen LogP contribution in [-0.4, -0.2) is 12.5 Å². The zero-order chi connectivity index (χ0) is 13.9. The largest absolute Gasteiger partial charge is 0.385 e. The van der Waals surface area contributed by atoms with Gasteiger partial charge in [-0.1, -0.05) is 18.2 Å². The normalized spacial score (nSPS) is 13.2. The van der Waals surface area contributed by atoms with Gasteiger partial charge in [0.05, 0.1) is 5.69 Å². The highest BCUT2D eigenvalue weighted by molar-refractivity contribution is 9.10. The molecule has 0 fully saturated rings. The summed E-state index contributed by atoms with van der Waals surface area (Å²) in [5, 5.41) is 6.31. The molecule has 20 heavy (non-hydrogen) atoms. The Balaban J connectivity index is 1.90. The van der Waals surface area contributed by atoms with Gasteiger partial charge in [0.2, 0.25) is 0 Å². The first kappa shape index (κ1) is 13.2. The minimum atomic E-state index is -0.0579. The van der Waals surface area contributed by atoms with E-state index < -0.39 is 0 Å². The molecule has 4 heteroatoms. The van der Waals surface area contributed by atoms with E-state index in [4.69, 9.17) is 0 Å². The molecule has 1 amide bonds. The maximum Gasteiger partial charge on any atom is 0.256 e. The molecule has 2 aromatic carbocycles. The lowest BCUT2D eigenvalue weighted by molar-refractivity contribution is 0.102. The highest BCUT2D eigenvalue weighted by Crippen LogP contribution is 2.27. The van der Waals surface area contributed by atoms with E-state index in [9.17, 15) is 4.79 Å². The lowest BCUT2D eigenvalue weighted by Crippen LogP contribution is -2.19. The van der Waals surface area contributed by atoms with E-state index in [1.165, 1.54) is 0 Å². The fourth-order valence-corrected chi connectivity index (χ4v) is 2.86. The summed E-state index contributed by atoms with van der Waals surface area (Å²) in [4.78, 5) is 12.5. The molecular weight excluding hydrogens is 316 g/mol. The van der Waals surface area contributed by atoms with Crippen LogP contribution in [0.5, 0.6) is 0 Å². The molecule has 0 aliphatic carbocycles. The van der Waals surface area contributed by atoms with Crippen molar-refractivity contribution in [3.8, 4) is 0 Å². The van der Waals surface area contributed by atoms with Gasteiger partial charge in [0.1, 0.15) is 0 Å². The van der Waals surface area contributed by atoms with E-state index in [0.717, 1.165) is 46.4 Å².